The van der Waals surface area contributed by atoms with E-state index in [9.17, 15) is 9.59 Å². The van der Waals surface area contributed by atoms with Crippen LogP contribution < -0.4 is 0 Å². The summed E-state index contributed by atoms with van der Waals surface area (Å²) in [4.78, 5) is 22.9. The van der Waals surface area contributed by atoms with E-state index >= 15 is 0 Å². The lowest BCUT2D eigenvalue weighted by Crippen LogP contribution is -2.21. The first-order valence-electron chi connectivity index (χ1n) is 12.0. The fourth-order valence-corrected chi connectivity index (χ4v) is 3.55. The quantitative estimate of drug-likeness (QED) is 0.161. The van der Waals surface area contributed by atoms with Gasteiger partial charge in [-0.05, 0) is 19.3 Å². The molecule has 166 valence electrons. The molecule has 0 aromatic carbocycles. The SMILES string of the molecule is CCCCCCCCCCCCCCCC(=O)OC(CCCCC)CC(=O)O. The lowest BCUT2D eigenvalue weighted by atomic mass is 10.0. The van der Waals surface area contributed by atoms with Crippen LogP contribution in [-0.4, -0.2) is 23.1 Å². The lowest BCUT2D eigenvalue weighted by Gasteiger charge is -2.16. The van der Waals surface area contributed by atoms with Crippen LogP contribution in [0.4, 0.5) is 0 Å². The van der Waals surface area contributed by atoms with Crippen LogP contribution in [0.1, 0.15) is 136 Å². The second-order valence-electron chi connectivity index (χ2n) is 8.20. The monoisotopic (exact) mass is 398 g/mol. The number of carboxylic acid groups (broad SMARTS) is 1. The molecule has 0 spiro atoms. The van der Waals surface area contributed by atoms with Gasteiger partial charge in [0.05, 0.1) is 6.42 Å². The number of esters is 1. The fourth-order valence-electron chi connectivity index (χ4n) is 3.55. The minimum absolute atomic E-state index is 0.0753. The molecule has 0 bridgehead atoms. The van der Waals surface area contributed by atoms with Crippen molar-refractivity contribution in [1.82, 2.24) is 0 Å². The number of carboxylic acids is 1. The van der Waals surface area contributed by atoms with Crippen molar-refractivity contribution in [1.29, 1.82) is 0 Å². The van der Waals surface area contributed by atoms with Gasteiger partial charge in [-0.1, -0.05) is 104 Å². The highest BCUT2D eigenvalue weighted by Gasteiger charge is 2.17. The Morgan fingerprint density at radius 1 is 0.679 bits per heavy atom. The van der Waals surface area contributed by atoms with Crippen LogP contribution in [0.25, 0.3) is 0 Å². The topological polar surface area (TPSA) is 63.6 Å². The van der Waals surface area contributed by atoms with E-state index in [1.165, 1.54) is 70.6 Å². The number of carbonyl (C=O) groups is 2. The normalized spacial score (nSPS) is 12.1. The first-order chi connectivity index (χ1) is 13.6. The summed E-state index contributed by atoms with van der Waals surface area (Å²) in [6, 6.07) is 0. The number of carbonyl (C=O) groups excluding carboxylic acids is 1. The van der Waals surface area contributed by atoms with E-state index in [4.69, 9.17) is 9.84 Å². The summed E-state index contributed by atoms with van der Waals surface area (Å²) in [6.07, 6.45) is 20.2. The van der Waals surface area contributed by atoms with Crippen molar-refractivity contribution in [3.63, 3.8) is 0 Å². The van der Waals surface area contributed by atoms with Gasteiger partial charge in [0.25, 0.3) is 0 Å². The van der Waals surface area contributed by atoms with Crippen molar-refractivity contribution in [2.24, 2.45) is 0 Å². The molecule has 0 saturated carbocycles. The van der Waals surface area contributed by atoms with E-state index in [-0.39, 0.29) is 12.4 Å². The molecular formula is C24H46O4. The molecule has 0 rings (SSSR count). The number of rotatable bonds is 21. The van der Waals surface area contributed by atoms with E-state index in [2.05, 4.69) is 13.8 Å². The highest BCUT2D eigenvalue weighted by atomic mass is 16.5. The fraction of sp³-hybridized carbons (Fsp3) is 0.917. The maximum Gasteiger partial charge on any atom is 0.307 e. The Labute approximate surface area is 173 Å². The molecule has 0 aromatic rings. The zero-order chi connectivity index (χ0) is 20.9. The molecule has 0 aliphatic heterocycles. The summed E-state index contributed by atoms with van der Waals surface area (Å²) in [5, 5.41) is 8.96. The van der Waals surface area contributed by atoms with Gasteiger partial charge in [-0.2, -0.15) is 0 Å². The molecule has 0 aliphatic rings. The molecule has 4 heteroatoms. The first-order valence-corrected chi connectivity index (χ1v) is 12.0. The highest BCUT2D eigenvalue weighted by molar-refractivity contribution is 5.71. The van der Waals surface area contributed by atoms with Crippen LogP contribution in [-0.2, 0) is 14.3 Å². The maximum atomic E-state index is 12.0. The van der Waals surface area contributed by atoms with Gasteiger partial charge in [0.2, 0.25) is 0 Å². The van der Waals surface area contributed by atoms with Gasteiger partial charge in [0.1, 0.15) is 6.10 Å². The molecule has 0 amide bonds. The van der Waals surface area contributed by atoms with Gasteiger partial charge >= 0.3 is 11.9 Å². The van der Waals surface area contributed by atoms with Crippen LogP contribution in [0.15, 0.2) is 0 Å². The zero-order valence-corrected chi connectivity index (χ0v) is 18.7. The van der Waals surface area contributed by atoms with E-state index in [0.29, 0.717) is 12.8 Å². The average molecular weight is 399 g/mol. The predicted octanol–water partition coefficient (Wildman–Crippen LogP) is 7.43. The van der Waals surface area contributed by atoms with Crippen LogP contribution >= 0.6 is 0 Å². The van der Waals surface area contributed by atoms with Gasteiger partial charge in [0, 0.05) is 6.42 Å². The molecular weight excluding hydrogens is 352 g/mol. The number of unbranched alkanes of at least 4 members (excludes halogenated alkanes) is 14. The van der Waals surface area contributed by atoms with Crippen LogP contribution in [0.5, 0.6) is 0 Å². The van der Waals surface area contributed by atoms with Gasteiger partial charge in [0.15, 0.2) is 0 Å². The third kappa shape index (κ3) is 19.7. The Kier molecular flexibility index (Phi) is 19.9. The summed E-state index contributed by atoms with van der Waals surface area (Å²) >= 11 is 0. The minimum Gasteiger partial charge on any atom is -0.481 e. The van der Waals surface area contributed by atoms with E-state index in [1.807, 2.05) is 0 Å². The largest absolute Gasteiger partial charge is 0.481 e. The zero-order valence-electron chi connectivity index (χ0n) is 18.7. The summed E-state index contributed by atoms with van der Waals surface area (Å²) in [5.74, 6) is -1.12. The predicted molar refractivity (Wildman–Crippen MR) is 117 cm³/mol. The third-order valence-electron chi connectivity index (χ3n) is 5.31. The number of ether oxygens (including phenoxy) is 1. The molecule has 1 N–H and O–H groups in total. The Balaban J connectivity index is 3.55. The molecule has 1 atom stereocenters. The van der Waals surface area contributed by atoms with Gasteiger partial charge < -0.3 is 9.84 Å². The Morgan fingerprint density at radius 2 is 1.11 bits per heavy atom. The Morgan fingerprint density at radius 3 is 1.57 bits per heavy atom. The van der Waals surface area contributed by atoms with Crippen molar-refractivity contribution in [2.75, 3.05) is 0 Å². The number of hydrogen-bond acceptors (Lipinski definition) is 3. The lowest BCUT2D eigenvalue weighted by molar-refractivity contribution is -0.153. The van der Waals surface area contributed by atoms with Crippen molar-refractivity contribution < 1.29 is 19.4 Å². The molecule has 0 radical (unpaired) electrons. The smallest absolute Gasteiger partial charge is 0.307 e. The highest BCUT2D eigenvalue weighted by Crippen LogP contribution is 2.15. The Hall–Kier alpha value is -1.06. The van der Waals surface area contributed by atoms with Crippen molar-refractivity contribution in [3.8, 4) is 0 Å². The van der Waals surface area contributed by atoms with Crippen molar-refractivity contribution in [3.05, 3.63) is 0 Å². The first kappa shape index (κ1) is 26.9. The molecule has 0 fully saturated rings. The standard InChI is InChI=1S/C24H46O4/c1-3-5-7-8-9-10-11-12-13-14-15-16-18-20-24(27)28-22(21-23(25)26)19-17-6-4-2/h22H,3-21H2,1-2H3,(H,25,26). The van der Waals surface area contributed by atoms with Crippen LogP contribution in [0.2, 0.25) is 0 Å². The number of hydrogen-bond donors (Lipinski definition) is 1. The molecule has 28 heavy (non-hydrogen) atoms. The maximum absolute atomic E-state index is 12.0. The van der Waals surface area contributed by atoms with Crippen molar-refractivity contribution >= 4 is 11.9 Å². The molecule has 4 nitrogen and oxygen atoms in total. The molecule has 0 aromatic heterocycles. The summed E-state index contributed by atoms with van der Waals surface area (Å²) < 4.78 is 5.40. The molecule has 1 unspecified atom stereocenters. The van der Waals surface area contributed by atoms with Crippen molar-refractivity contribution in [2.45, 2.75) is 142 Å². The van der Waals surface area contributed by atoms with E-state index in [0.717, 1.165) is 32.1 Å². The Bertz CT molecular complexity index is 368. The average Bonchev–Trinajstić information content (AvgIpc) is 2.65. The van der Waals surface area contributed by atoms with E-state index in [1.54, 1.807) is 0 Å². The molecule has 0 aliphatic carbocycles. The summed E-state index contributed by atoms with van der Waals surface area (Å²) in [6.45, 7) is 4.36. The van der Waals surface area contributed by atoms with Gasteiger partial charge in [-0.3, -0.25) is 9.59 Å². The van der Waals surface area contributed by atoms with E-state index < -0.39 is 12.1 Å². The molecule has 0 saturated heterocycles. The minimum atomic E-state index is -0.893. The summed E-state index contributed by atoms with van der Waals surface area (Å²) in [7, 11) is 0. The second kappa shape index (κ2) is 20.7. The van der Waals surface area contributed by atoms with Crippen LogP contribution in [0, 0.1) is 0 Å². The molecule has 0 heterocycles. The van der Waals surface area contributed by atoms with Crippen LogP contribution in [0.3, 0.4) is 0 Å². The van der Waals surface area contributed by atoms with Gasteiger partial charge in [-0.25, -0.2) is 0 Å². The number of aliphatic carboxylic acids is 1. The summed E-state index contributed by atoms with van der Waals surface area (Å²) in [5.41, 5.74) is 0. The van der Waals surface area contributed by atoms with Gasteiger partial charge in [-0.15, -0.1) is 0 Å². The third-order valence-corrected chi connectivity index (χ3v) is 5.31. The second-order valence-corrected chi connectivity index (χ2v) is 8.20.